The topological polar surface area (TPSA) is 112 Å². The second-order valence-electron chi connectivity index (χ2n) is 9.54. The van der Waals surface area contributed by atoms with Crippen molar-refractivity contribution in [2.75, 3.05) is 44.2 Å². The first-order valence-corrected chi connectivity index (χ1v) is 12.2. The summed E-state index contributed by atoms with van der Waals surface area (Å²) < 4.78 is 0. The van der Waals surface area contributed by atoms with Gasteiger partial charge in [-0.1, -0.05) is 6.07 Å². The van der Waals surface area contributed by atoms with Crippen LogP contribution in [0.1, 0.15) is 24.0 Å². The lowest BCUT2D eigenvalue weighted by atomic mass is 9.83. The maximum atomic E-state index is 13.4. The summed E-state index contributed by atoms with van der Waals surface area (Å²) >= 11 is 0. The lowest BCUT2D eigenvalue weighted by Gasteiger charge is -2.49. The zero-order valence-corrected chi connectivity index (χ0v) is 19.6. The molecule has 10 heteroatoms. The molecule has 0 bridgehead atoms. The molecule has 2 amide bonds. The monoisotopic (exact) mass is 478 g/mol. The Hall–Kier alpha value is -3.53. The Bertz CT molecular complexity index is 1100. The van der Waals surface area contributed by atoms with E-state index in [1.165, 1.54) is 6.07 Å². The molecular weight excluding hydrogens is 448 g/mol. The lowest BCUT2D eigenvalue weighted by molar-refractivity contribution is -0.384. The summed E-state index contributed by atoms with van der Waals surface area (Å²) in [5, 5.41) is 14.4. The van der Waals surface area contributed by atoms with Gasteiger partial charge in [0.15, 0.2) is 0 Å². The van der Waals surface area contributed by atoms with Gasteiger partial charge in [0, 0.05) is 69.5 Å². The minimum atomic E-state index is -0.397. The highest BCUT2D eigenvalue weighted by Crippen LogP contribution is 2.38. The zero-order valence-electron chi connectivity index (χ0n) is 19.6. The Labute approximate surface area is 204 Å². The highest BCUT2D eigenvalue weighted by molar-refractivity contribution is 5.82. The number of non-ortho nitro benzene ring substituents is 1. The largest absolute Gasteiger partial charge is 0.365 e. The van der Waals surface area contributed by atoms with Crippen LogP contribution in [-0.2, 0) is 22.6 Å². The standard InChI is InChI=1S/C25H30N6O4/c32-24(29-8-1-2-9-29)17-28-10-11-30-22-6-5-20(31(34)35)12-19(22)13-21(23(30)16-28)25(33)27-15-18-4-3-7-26-14-18/h3-7,12,14,21,23H,1-2,8-11,13,15-17H2,(H,27,33)/t21-,23-/m0/s1. The average Bonchev–Trinajstić information content (AvgIpc) is 3.42. The van der Waals surface area contributed by atoms with Gasteiger partial charge in [0.05, 0.1) is 23.4 Å². The first-order valence-electron chi connectivity index (χ1n) is 12.2. The van der Waals surface area contributed by atoms with Gasteiger partial charge in [0.1, 0.15) is 0 Å². The molecule has 4 heterocycles. The molecule has 0 radical (unpaired) electrons. The fourth-order valence-corrected chi connectivity index (χ4v) is 5.51. The molecule has 1 N–H and O–H groups in total. The van der Waals surface area contributed by atoms with E-state index in [1.54, 1.807) is 24.5 Å². The van der Waals surface area contributed by atoms with E-state index >= 15 is 0 Å². The fourth-order valence-electron chi connectivity index (χ4n) is 5.51. The summed E-state index contributed by atoms with van der Waals surface area (Å²) in [5.41, 5.74) is 2.71. The number of benzene rings is 1. The summed E-state index contributed by atoms with van der Waals surface area (Å²) in [6, 6.07) is 8.55. The van der Waals surface area contributed by atoms with E-state index in [9.17, 15) is 19.7 Å². The van der Waals surface area contributed by atoms with Gasteiger partial charge in [-0.25, -0.2) is 0 Å². The molecule has 35 heavy (non-hydrogen) atoms. The first kappa shape index (κ1) is 23.2. The van der Waals surface area contributed by atoms with E-state index in [2.05, 4.69) is 20.1 Å². The highest BCUT2D eigenvalue weighted by Gasteiger charge is 2.42. The highest BCUT2D eigenvalue weighted by atomic mass is 16.6. The van der Waals surface area contributed by atoms with Crippen molar-refractivity contribution in [2.24, 2.45) is 5.92 Å². The van der Waals surface area contributed by atoms with E-state index < -0.39 is 4.92 Å². The number of fused-ring (bicyclic) bond motifs is 3. The Balaban J connectivity index is 1.36. The van der Waals surface area contributed by atoms with E-state index in [0.29, 0.717) is 39.1 Å². The van der Waals surface area contributed by atoms with Gasteiger partial charge in [0.2, 0.25) is 11.8 Å². The molecule has 0 unspecified atom stereocenters. The number of nitro benzene ring substituents is 1. The molecule has 1 aromatic carbocycles. The molecule has 184 valence electrons. The van der Waals surface area contributed by atoms with E-state index in [4.69, 9.17) is 0 Å². The van der Waals surface area contributed by atoms with Crippen LogP contribution in [0.5, 0.6) is 0 Å². The molecule has 1 aromatic heterocycles. The van der Waals surface area contributed by atoms with Gasteiger partial charge in [-0.05, 0) is 42.5 Å². The quantitative estimate of drug-likeness (QED) is 0.496. The number of likely N-dealkylation sites (tertiary alicyclic amines) is 1. The Morgan fingerprint density at radius 1 is 1.14 bits per heavy atom. The van der Waals surface area contributed by atoms with Crippen LogP contribution in [-0.4, -0.2) is 76.8 Å². The Morgan fingerprint density at radius 3 is 2.71 bits per heavy atom. The number of rotatable bonds is 6. The number of pyridine rings is 1. The SMILES string of the molecule is O=C(NCc1cccnc1)[C@H]1Cc2cc([N+](=O)[O-])ccc2N2CCN(CC(=O)N3CCCC3)C[C@@H]12. The minimum Gasteiger partial charge on any atom is -0.365 e. The Morgan fingerprint density at radius 2 is 1.97 bits per heavy atom. The molecule has 3 aliphatic heterocycles. The summed E-state index contributed by atoms with van der Waals surface area (Å²) in [7, 11) is 0. The summed E-state index contributed by atoms with van der Waals surface area (Å²) in [5.74, 6) is -0.319. The third-order valence-electron chi connectivity index (χ3n) is 7.33. The molecule has 2 saturated heterocycles. The molecule has 10 nitrogen and oxygen atoms in total. The van der Waals surface area contributed by atoms with Crippen LogP contribution in [0.25, 0.3) is 0 Å². The predicted octanol–water partition coefficient (Wildman–Crippen LogP) is 1.59. The first-order chi connectivity index (χ1) is 17.0. The van der Waals surface area contributed by atoms with Crippen LogP contribution < -0.4 is 10.2 Å². The van der Waals surface area contributed by atoms with Crippen LogP contribution in [0.15, 0.2) is 42.7 Å². The molecule has 2 atom stereocenters. The van der Waals surface area contributed by atoms with Crippen LogP contribution in [0.3, 0.4) is 0 Å². The summed E-state index contributed by atoms with van der Waals surface area (Å²) in [4.78, 5) is 47.5. The van der Waals surface area contributed by atoms with Gasteiger partial charge >= 0.3 is 0 Å². The van der Waals surface area contributed by atoms with Gasteiger partial charge in [-0.3, -0.25) is 29.6 Å². The minimum absolute atomic E-state index is 0.0339. The summed E-state index contributed by atoms with van der Waals surface area (Å²) in [6.45, 7) is 4.35. The number of carbonyl (C=O) groups is 2. The van der Waals surface area contributed by atoms with Crippen molar-refractivity contribution in [1.29, 1.82) is 0 Å². The number of nitro groups is 1. The second-order valence-corrected chi connectivity index (χ2v) is 9.54. The average molecular weight is 479 g/mol. The van der Waals surface area contributed by atoms with Crippen LogP contribution in [0, 0.1) is 16.0 Å². The number of hydrogen-bond acceptors (Lipinski definition) is 7. The molecule has 0 saturated carbocycles. The van der Waals surface area contributed by atoms with Crippen molar-refractivity contribution in [1.82, 2.24) is 20.1 Å². The third-order valence-corrected chi connectivity index (χ3v) is 7.33. The van der Waals surface area contributed by atoms with Gasteiger partial charge in [0.25, 0.3) is 5.69 Å². The summed E-state index contributed by atoms with van der Waals surface area (Å²) in [6.07, 6.45) is 5.95. The van der Waals surface area contributed by atoms with Crippen LogP contribution in [0.4, 0.5) is 11.4 Å². The van der Waals surface area contributed by atoms with Crippen LogP contribution >= 0.6 is 0 Å². The van der Waals surface area contributed by atoms with E-state index in [1.807, 2.05) is 17.0 Å². The third kappa shape index (κ3) is 4.97. The van der Waals surface area contributed by atoms with E-state index in [0.717, 1.165) is 42.7 Å². The molecule has 2 fully saturated rings. The fraction of sp³-hybridized carbons (Fsp3) is 0.480. The maximum absolute atomic E-state index is 13.4. The second kappa shape index (κ2) is 9.99. The molecule has 2 aromatic rings. The Kier molecular flexibility index (Phi) is 6.63. The van der Waals surface area contributed by atoms with Crippen molar-refractivity contribution in [2.45, 2.75) is 31.8 Å². The molecule has 3 aliphatic rings. The van der Waals surface area contributed by atoms with E-state index in [-0.39, 0.29) is 29.5 Å². The number of nitrogens with zero attached hydrogens (tertiary/aromatic N) is 5. The zero-order chi connectivity index (χ0) is 24.4. The lowest BCUT2D eigenvalue weighted by Crippen LogP contribution is -2.62. The van der Waals surface area contributed by atoms with Crippen molar-refractivity contribution in [3.8, 4) is 0 Å². The normalized spacial score (nSPS) is 21.8. The van der Waals surface area contributed by atoms with Crippen molar-refractivity contribution >= 4 is 23.2 Å². The number of anilines is 1. The molecular formula is C25H30N6O4. The number of aromatic nitrogens is 1. The van der Waals surface area contributed by atoms with Crippen molar-refractivity contribution in [3.63, 3.8) is 0 Å². The van der Waals surface area contributed by atoms with Gasteiger partial charge in [-0.2, -0.15) is 0 Å². The van der Waals surface area contributed by atoms with Gasteiger partial charge < -0.3 is 15.1 Å². The van der Waals surface area contributed by atoms with Crippen LogP contribution in [0.2, 0.25) is 0 Å². The number of nitrogens with one attached hydrogen (secondary N) is 1. The number of piperazine rings is 1. The maximum Gasteiger partial charge on any atom is 0.269 e. The molecule has 0 spiro atoms. The van der Waals surface area contributed by atoms with Gasteiger partial charge in [-0.15, -0.1) is 0 Å². The number of hydrogen-bond donors (Lipinski definition) is 1. The predicted molar refractivity (Wildman–Crippen MR) is 130 cm³/mol. The molecule has 0 aliphatic carbocycles. The van der Waals surface area contributed by atoms with Crippen molar-refractivity contribution < 1.29 is 14.5 Å². The number of amides is 2. The number of carbonyl (C=O) groups excluding carboxylic acids is 2. The van der Waals surface area contributed by atoms with Crippen molar-refractivity contribution in [3.05, 3.63) is 64.0 Å². The smallest absolute Gasteiger partial charge is 0.269 e. The molecule has 5 rings (SSSR count).